The lowest BCUT2D eigenvalue weighted by Gasteiger charge is -2.12. The molecule has 0 aromatic heterocycles. The third-order valence-corrected chi connectivity index (χ3v) is 4.52. The van der Waals surface area contributed by atoms with Crippen molar-refractivity contribution in [2.45, 2.75) is 0 Å². The molecule has 0 bridgehead atoms. The topological polar surface area (TPSA) is 29.5 Å². The minimum Gasteiger partial charge on any atom is -0.503 e. The fraction of sp³-hybridized carbons (Fsp3) is 0. The molecular formula is C12H6Br4O2. The number of benzene rings is 2. The van der Waals surface area contributed by atoms with E-state index in [-0.39, 0.29) is 5.75 Å². The van der Waals surface area contributed by atoms with Gasteiger partial charge in [0, 0.05) is 4.47 Å². The highest BCUT2D eigenvalue weighted by atomic mass is 79.9. The van der Waals surface area contributed by atoms with Gasteiger partial charge in [0.2, 0.25) is 0 Å². The molecule has 0 saturated carbocycles. The zero-order chi connectivity index (χ0) is 13.3. The van der Waals surface area contributed by atoms with Crippen LogP contribution in [-0.2, 0) is 0 Å². The second-order valence-corrected chi connectivity index (χ2v) is 6.86. The fourth-order valence-electron chi connectivity index (χ4n) is 1.29. The van der Waals surface area contributed by atoms with E-state index in [0.29, 0.717) is 20.4 Å². The van der Waals surface area contributed by atoms with Crippen molar-refractivity contribution in [1.82, 2.24) is 0 Å². The van der Waals surface area contributed by atoms with Crippen LogP contribution in [0.15, 0.2) is 48.2 Å². The van der Waals surface area contributed by atoms with E-state index in [0.717, 1.165) is 8.95 Å². The summed E-state index contributed by atoms with van der Waals surface area (Å²) in [5, 5.41) is 9.96. The standard InChI is InChI=1S/C12H6Br4O2/c13-6-1-4-10(9(16)5-6)18-12-8(15)3-2-7(14)11(12)17/h1-5,17H. The molecule has 2 nitrogen and oxygen atoms in total. The maximum Gasteiger partial charge on any atom is 0.184 e. The zero-order valence-electron chi connectivity index (χ0n) is 8.75. The smallest absolute Gasteiger partial charge is 0.184 e. The Bertz CT molecular complexity index is 599. The van der Waals surface area contributed by atoms with E-state index in [1.165, 1.54) is 0 Å². The summed E-state index contributed by atoms with van der Waals surface area (Å²) < 4.78 is 8.71. The van der Waals surface area contributed by atoms with E-state index in [4.69, 9.17) is 4.74 Å². The van der Waals surface area contributed by atoms with Crippen molar-refractivity contribution < 1.29 is 9.84 Å². The minimum absolute atomic E-state index is 0.0548. The molecule has 2 aromatic rings. The molecule has 0 fully saturated rings. The summed E-state index contributed by atoms with van der Waals surface area (Å²) in [6.07, 6.45) is 0. The van der Waals surface area contributed by atoms with Gasteiger partial charge >= 0.3 is 0 Å². The van der Waals surface area contributed by atoms with Crippen molar-refractivity contribution in [1.29, 1.82) is 0 Å². The normalized spacial score (nSPS) is 10.4. The van der Waals surface area contributed by atoms with Crippen LogP contribution in [0.5, 0.6) is 17.2 Å². The van der Waals surface area contributed by atoms with Crippen LogP contribution >= 0.6 is 63.7 Å². The second kappa shape index (κ2) is 5.94. The Morgan fingerprint density at radius 3 is 2.17 bits per heavy atom. The maximum absolute atomic E-state index is 9.96. The lowest BCUT2D eigenvalue weighted by Crippen LogP contribution is -1.88. The quantitative estimate of drug-likeness (QED) is 0.528. The molecule has 1 N–H and O–H groups in total. The van der Waals surface area contributed by atoms with E-state index in [1.807, 2.05) is 12.1 Å². The summed E-state index contributed by atoms with van der Waals surface area (Å²) in [4.78, 5) is 0. The van der Waals surface area contributed by atoms with Gasteiger partial charge in [-0.25, -0.2) is 0 Å². The highest BCUT2D eigenvalue weighted by molar-refractivity contribution is 9.11. The van der Waals surface area contributed by atoms with Gasteiger partial charge in [0.25, 0.3) is 0 Å². The molecule has 0 heterocycles. The molecule has 0 saturated heterocycles. The largest absolute Gasteiger partial charge is 0.503 e. The number of ether oxygens (including phenoxy) is 1. The molecule has 0 radical (unpaired) electrons. The summed E-state index contributed by atoms with van der Waals surface area (Å²) in [7, 11) is 0. The van der Waals surface area contributed by atoms with Gasteiger partial charge in [0.1, 0.15) is 5.75 Å². The molecule has 2 rings (SSSR count). The van der Waals surface area contributed by atoms with Gasteiger partial charge in [-0.15, -0.1) is 0 Å². The second-order valence-electron chi connectivity index (χ2n) is 3.38. The number of phenols is 1. The number of rotatable bonds is 2. The van der Waals surface area contributed by atoms with Gasteiger partial charge < -0.3 is 9.84 Å². The van der Waals surface area contributed by atoms with Gasteiger partial charge in [-0.05, 0) is 78.1 Å². The third-order valence-electron chi connectivity index (χ3n) is 2.14. The van der Waals surface area contributed by atoms with E-state index in [2.05, 4.69) is 63.7 Å². The van der Waals surface area contributed by atoms with Crippen molar-refractivity contribution >= 4 is 63.7 Å². The number of phenolic OH excluding ortho intramolecular Hbond substituents is 1. The molecule has 0 spiro atoms. The molecule has 94 valence electrons. The Morgan fingerprint density at radius 2 is 1.50 bits per heavy atom. The predicted octanol–water partition coefficient (Wildman–Crippen LogP) is 6.23. The lowest BCUT2D eigenvalue weighted by molar-refractivity contribution is 0.405. The average Bonchev–Trinajstić information content (AvgIpc) is 2.32. The molecule has 6 heteroatoms. The van der Waals surface area contributed by atoms with Crippen LogP contribution in [0.2, 0.25) is 0 Å². The summed E-state index contributed by atoms with van der Waals surface area (Å²) >= 11 is 13.4. The SMILES string of the molecule is Oc1c(Br)ccc(Br)c1Oc1ccc(Br)cc1Br. The summed E-state index contributed by atoms with van der Waals surface area (Å²) in [5.74, 6) is 1.04. The average molecular weight is 502 g/mol. The maximum atomic E-state index is 9.96. The van der Waals surface area contributed by atoms with Crippen molar-refractivity contribution in [3.8, 4) is 17.2 Å². The van der Waals surface area contributed by atoms with Crippen molar-refractivity contribution in [3.63, 3.8) is 0 Å². The zero-order valence-corrected chi connectivity index (χ0v) is 15.1. The molecule has 0 aliphatic heterocycles. The fourth-order valence-corrected chi connectivity index (χ4v) is 3.13. The Labute approximate surface area is 138 Å². The summed E-state index contributed by atoms with van der Waals surface area (Å²) in [6.45, 7) is 0. The molecule has 0 amide bonds. The summed E-state index contributed by atoms with van der Waals surface area (Å²) in [5.41, 5.74) is 0. The van der Waals surface area contributed by atoms with E-state index in [1.54, 1.807) is 18.2 Å². The van der Waals surface area contributed by atoms with Crippen molar-refractivity contribution in [2.75, 3.05) is 0 Å². The molecule has 0 unspecified atom stereocenters. The molecule has 2 aromatic carbocycles. The lowest BCUT2D eigenvalue weighted by atomic mass is 10.3. The van der Waals surface area contributed by atoms with Gasteiger partial charge in [-0.3, -0.25) is 0 Å². The van der Waals surface area contributed by atoms with Crippen LogP contribution in [-0.4, -0.2) is 5.11 Å². The van der Waals surface area contributed by atoms with Crippen LogP contribution in [0.3, 0.4) is 0 Å². The van der Waals surface area contributed by atoms with E-state index < -0.39 is 0 Å². The Kier molecular flexibility index (Phi) is 4.75. The molecule has 18 heavy (non-hydrogen) atoms. The molecule has 0 atom stereocenters. The molecule has 0 aliphatic rings. The first kappa shape index (κ1) is 14.4. The molecule has 0 aliphatic carbocycles. The number of aromatic hydroxyl groups is 1. The van der Waals surface area contributed by atoms with Crippen LogP contribution in [0.1, 0.15) is 0 Å². The minimum atomic E-state index is 0.0548. The predicted molar refractivity (Wildman–Crippen MR) is 85.4 cm³/mol. The van der Waals surface area contributed by atoms with Gasteiger partial charge in [0.15, 0.2) is 11.5 Å². The van der Waals surface area contributed by atoms with Crippen LogP contribution < -0.4 is 4.74 Å². The van der Waals surface area contributed by atoms with Crippen molar-refractivity contribution in [3.05, 3.63) is 48.2 Å². The van der Waals surface area contributed by atoms with Crippen LogP contribution in [0.4, 0.5) is 0 Å². The first-order valence-electron chi connectivity index (χ1n) is 4.79. The number of hydrogen-bond acceptors (Lipinski definition) is 2. The van der Waals surface area contributed by atoms with Gasteiger partial charge in [-0.2, -0.15) is 0 Å². The van der Waals surface area contributed by atoms with Crippen molar-refractivity contribution in [2.24, 2.45) is 0 Å². The Morgan fingerprint density at radius 1 is 0.833 bits per heavy atom. The number of halogens is 4. The number of hydrogen-bond donors (Lipinski definition) is 1. The van der Waals surface area contributed by atoms with Crippen LogP contribution in [0.25, 0.3) is 0 Å². The van der Waals surface area contributed by atoms with Crippen LogP contribution in [0, 0.1) is 0 Å². The van der Waals surface area contributed by atoms with Gasteiger partial charge in [-0.1, -0.05) is 15.9 Å². The first-order valence-corrected chi connectivity index (χ1v) is 7.96. The Balaban J connectivity index is 2.43. The van der Waals surface area contributed by atoms with Gasteiger partial charge in [0.05, 0.1) is 13.4 Å². The third kappa shape index (κ3) is 3.10. The van der Waals surface area contributed by atoms with E-state index in [9.17, 15) is 5.11 Å². The Hall–Kier alpha value is -0.0400. The highest BCUT2D eigenvalue weighted by Gasteiger charge is 2.13. The van der Waals surface area contributed by atoms with E-state index >= 15 is 0 Å². The first-order chi connectivity index (χ1) is 8.49. The molecular weight excluding hydrogens is 496 g/mol. The highest BCUT2D eigenvalue weighted by Crippen LogP contribution is 2.43. The monoisotopic (exact) mass is 498 g/mol. The summed E-state index contributed by atoms with van der Waals surface area (Å²) in [6, 6.07) is 9.08.